The lowest BCUT2D eigenvalue weighted by Gasteiger charge is -2.43. The Morgan fingerprint density at radius 1 is 0.909 bits per heavy atom. The Hall–Kier alpha value is -1.50. The van der Waals surface area contributed by atoms with Gasteiger partial charge in [0.1, 0.15) is 36.5 Å². The zero-order chi connectivity index (χ0) is 25.6. The van der Waals surface area contributed by atoms with Crippen LogP contribution in [0.15, 0.2) is 0 Å². The molecule has 15 heteroatoms. The van der Waals surface area contributed by atoms with Crippen molar-refractivity contribution in [3.05, 3.63) is 0 Å². The van der Waals surface area contributed by atoms with E-state index in [1.807, 2.05) is 0 Å². The Balaban J connectivity index is 0.000000785. The number of nitrogens with one attached hydrogen (secondary N) is 1. The van der Waals surface area contributed by atoms with Gasteiger partial charge in [0.25, 0.3) is 0 Å². The first-order valence-electron chi connectivity index (χ1n) is 10.6. The summed E-state index contributed by atoms with van der Waals surface area (Å²) in [7, 11) is 0. The molecule has 1 saturated heterocycles. The normalized spacial score (nSPS) is 26.9. The molecule has 0 aromatic rings. The van der Waals surface area contributed by atoms with E-state index in [-0.39, 0.29) is 6.42 Å². The summed E-state index contributed by atoms with van der Waals surface area (Å²) in [5.41, 5.74) is 12.2. The van der Waals surface area contributed by atoms with Crippen LogP contribution >= 0.6 is 0 Å². The lowest BCUT2D eigenvalue weighted by molar-refractivity contribution is -0.329. The highest BCUT2D eigenvalue weighted by Crippen LogP contribution is 2.25. The zero-order valence-electron chi connectivity index (χ0n) is 18.3. The number of rotatable bonds is 14. The quantitative estimate of drug-likeness (QED) is 0.0843. The van der Waals surface area contributed by atoms with Gasteiger partial charge in [-0.1, -0.05) is 0 Å². The fourth-order valence-electron chi connectivity index (χ4n) is 3.06. The number of carboxylic acid groups (broad SMARTS) is 2. The Bertz CT molecular complexity index is 557. The molecule has 0 radical (unpaired) electrons. The number of hydrogen-bond acceptors (Lipinski definition) is 13. The van der Waals surface area contributed by atoms with E-state index in [9.17, 15) is 30.1 Å². The smallest absolute Gasteiger partial charge is 0.323 e. The van der Waals surface area contributed by atoms with Crippen LogP contribution in [0.4, 0.5) is 0 Å². The van der Waals surface area contributed by atoms with Gasteiger partial charge in [0, 0.05) is 0 Å². The van der Waals surface area contributed by atoms with Gasteiger partial charge in [-0.25, -0.2) is 0 Å². The largest absolute Gasteiger partial charge is 0.480 e. The number of nitrogens with two attached hydrogens (primary N) is 2. The summed E-state index contributed by atoms with van der Waals surface area (Å²) in [4.78, 5) is 21.5. The number of aliphatic hydroxyl groups excluding tert-OH is 4. The fraction of sp³-hybridized carbons (Fsp3) is 0.889. The highest BCUT2D eigenvalue weighted by molar-refractivity contribution is 5.73. The van der Waals surface area contributed by atoms with E-state index in [4.69, 9.17) is 36.7 Å². The molecule has 0 aromatic carbocycles. The van der Waals surface area contributed by atoms with Crippen LogP contribution < -0.4 is 16.9 Å². The summed E-state index contributed by atoms with van der Waals surface area (Å²) in [6.07, 6.45) is -4.87. The molecule has 0 aromatic heterocycles. The Morgan fingerprint density at radius 2 is 1.45 bits per heavy atom. The molecule has 0 amide bonds. The second-order valence-electron chi connectivity index (χ2n) is 7.54. The van der Waals surface area contributed by atoms with Gasteiger partial charge < -0.3 is 57.3 Å². The number of aliphatic hydroxyl groups is 4. The molecule has 13 N–H and O–H groups in total. The number of hydroxylamine groups is 3. The number of hydrogen-bond donors (Lipinski definition) is 11. The van der Waals surface area contributed by atoms with Crippen LogP contribution in [0.1, 0.15) is 38.5 Å². The molecular weight excluding hydrogens is 448 g/mol. The molecule has 196 valence electrons. The third kappa shape index (κ3) is 10.5. The standard InChI is InChI=1S/C12H24N2O8.C6H14N2O3/c13-4-2-1-3-6(12(19)20)14(21)11-10(18)9(17)8(16)7(5-15)22-11;7-4-2-1-3-5(8-11)6(9)10/h6-11,15-18,21H,1-5,13H2,(H,19,20);5,8,11H,1-4,7H2,(H,9,10)/t6-,7+,8-,9-,10+,11?;5-/m00/s1. The molecule has 15 nitrogen and oxygen atoms in total. The first kappa shape index (κ1) is 31.5. The predicted molar refractivity (Wildman–Crippen MR) is 111 cm³/mol. The van der Waals surface area contributed by atoms with E-state index < -0.39 is 61.3 Å². The van der Waals surface area contributed by atoms with Gasteiger partial charge in [-0.15, -0.1) is 5.06 Å². The number of carbonyl (C=O) groups is 2. The monoisotopic (exact) mass is 486 g/mol. The van der Waals surface area contributed by atoms with E-state index >= 15 is 0 Å². The van der Waals surface area contributed by atoms with Gasteiger partial charge in [-0.2, -0.15) is 5.48 Å². The fourth-order valence-corrected chi connectivity index (χ4v) is 3.06. The molecule has 1 unspecified atom stereocenters. The highest BCUT2D eigenvalue weighted by Gasteiger charge is 2.47. The van der Waals surface area contributed by atoms with E-state index in [1.54, 1.807) is 5.48 Å². The lowest BCUT2D eigenvalue weighted by Crippen LogP contribution is -2.64. The van der Waals surface area contributed by atoms with E-state index in [0.29, 0.717) is 43.8 Å². The molecule has 7 atom stereocenters. The first-order chi connectivity index (χ1) is 15.6. The average Bonchev–Trinajstić information content (AvgIpc) is 2.78. The minimum Gasteiger partial charge on any atom is -0.480 e. The summed E-state index contributed by atoms with van der Waals surface area (Å²) in [6.45, 7) is 0.260. The minimum atomic E-state index is -1.74. The molecule has 1 aliphatic rings. The van der Waals surface area contributed by atoms with Gasteiger partial charge in [0.15, 0.2) is 6.23 Å². The van der Waals surface area contributed by atoms with Crippen molar-refractivity contribution in [2.75, 3.05) is 19.7 Å². The third-order valence-electron chi connectivity index (χ3n) is 5.06. The van der Waals surface area contributed by atoms with Gasteiger partial charge in [-0.05, 0) is 51.6 Å². The van der Waals surface area contributed by atoms with Gasteiger partial charge >= 0.3 is 11.9 Å². The maximum atomic E-state index is 11.3. The van der Waals surface area contributed by atoms with E-state index in [0.717, 1.165) is 6.42 Å². The van der Waals surface area contributed by atoms with Gasteiger partial charge in [0.05, 0.1) is 6.61 Å². The summed E-state index contributed by atoms with van der Waals surface area (Å²) >= 11 is 0. The maximum Gasteiger partial charge on any atom is 0.323 e. The van der Waals surface area contributed by atoms with Crippen molar-refractivity contribution in [1.29, 1.82) is 0 Å². The van der Waals surface area contributed by atoms with Crippen molar-refractivity contribution in [1.82, 2.24) is 10.5 Å². The topological polar surface area (TPSA) is 273 Å². The molecule has 1 fully saturated rings. The Labute approximate surface area is 191 Å². The van der Waals surface area contributed by atoms with Crippen molar-refractivity contribution < 1.29 is 55.4 Å². The van der Waals surface area contributed by atoms with Crippen LogP contribution in [0.25, 0.3) is 0 Å². The molecule has 33 heavy (non-hydrogen) atoms. The van der Waals surface area contributed by atoms with Crippen LogP contribution in [-0.4, -0.2) is 120 Å². The second-order valence-corrected chi connectivity index (χ2v) is 7.54. The van der Waals surface area contributed by atoms with E-state index in [2.05, 4.69) is 0 Å². The Kier molecular flexibility index (Phi) is 16.2. The minimum absolute atomic E-state index is 0.0536. The molecular formula is C18H38N4O11. The van der Waals surface area contributed by atoms with Crippen molar-refractivity contribution in [2.45, 2.75) is 81.3 Å². The van der Waals surface area contributed by atoms with Crippen molar-refractivity contribution in [3.8, 4) is 0 Å². The number of unbranched alkanes of at least 4 members (excludes halogenated alkanes) is 2. The molecule has 0 saturated carbocycles. The summed E-state index contributed by atoms with van der Waals surface area (Å²) in [6, 6.07) is -2.24. The molecule has 0 aliphatic carbocycles. The SMILES string of the molecule is NCCCC[C@@H](C(=O)O)N(O)C1O[C@H](CO)[C@H](O)[C@H](O)[C@H]1O.NCCCC[C@H](NO)C(=O)O. The van der Waals surface area contributed by atoms with Crippen LogP contribution in [0.5, 0.6) is 0 Å². The van der Waals surface area contributed by atoms with Crippen LogP contribution in [-0.2, 0) is 14.3 Å². The van der Waals surface area contributed by atoms with Crippen LogP contribution in [0.3, 0.4) is 0 Å². The van der Waals surface area contributed by atoms with E-state index in [1.165, 1.54) is 0 Å². The first-order valence-corrected chi connectivity index (χ1v) is 10.6. The summed E-state index contributed by atoms with van der Waals surface area (Å²) in [5, 5.41) is 74.5. The molecule has 1 rings (SSSR count). The summed E-state index contributed by atoms with van der Waals surface area (Å²) < 4.78 is 5.11. The molecule has 0 bridgehead atoms. The third-order valence-corrected chi connectivity index (χ3v) is 5.06. The predicted octanol–water partition coefficient (Wildman–Crippen LogP) is -3.39. The van der Waals surface area contributed by atoms with Crippen LogP contribution in [0, 0.1) is 0 Å². The van der Waals surface area contributed by atoms with Gasteiger partial charge in [-0.3, -0.25) is 9.59 Å². The highest BCUT2D eigenvalue weighted by atomic mass is 16.6. The molecule has 1 heterocycles. The second kappa shape index (κ2) is 17.0. The molecule has 1 aliphatic heterocycles. The number of carboxylic acids is 2. The number of ether oxygens (including phenoxy) is 1. The lowest BCUT2D eigenvalue weighted by atomic mass is 9.97. The van der Waals surface area contributed by atoms with Crippen molar-refractivity contribution in [2.24, 2.45) is 11.5 Å². The summed E-state index contributed by atoms with van der Waals surface area (Å²) in [5.74, 6) is -2.37. The van der Waals surface area contributed by atoms with Crippen molar-refractivity contribution in [3.63, 3.8) is 0 Å². The number of aliphatic carboxylic acids is 2. The number of nitrogens with zero attached hydrogens (tertiary/aromatic N) is 1. The average molecular weight is 487 g/mol. The zero-order valence-corrected chi connectivity index (χ0v) is 18.3. The van der Waals surface area contributed by atoms with Crippen molar-refractivity contribution >= 4 is 11.9 Å². The molecule has 0 spiro atoms. The van der Waals surface area contributed by atoms with Gasteiger partial charge in [0.2, 0.25) is 0 Å². The Morgan fingerprint density at radius 3 is 1.88 bits per heavy atom. The maximum absolute atomic E-state index is 11.3. The van der Waals surface area contributed by atoms with Crippen LogP contribution in [0.2, 0.25) is 0 Å².